The van der Waals surface area contributed by atoms with Gasteiger partial charge in [-0.2, -0.15) is 0 Å². The minimum atomic E-state index is -0.604. The number of benzene rings is 1. The fourth-order valence-electron chi connectivity index (χ4n) is 0.741. The van der Waals surface area contributed by atoms with Gasteiger partial charge in [0.05, 0.1) is 6.54 Å². The van der Waals surface area contributed by atoms with Gasteiger partial charge in [0.2, 0.25) is 6.79 Å². The smallest absolute Gasteiger partial charge is 0.202 e. The predicted molar refractivity (Wildman–Crippen MR) is 38.9 cm³/mol. The van der Waals surface area contributed by atoms with Gasteiger partial charge in [-0.1, -0.05) is 35.8 Å². The lowest BCUT2D eigenvalue weighted by molar-refractivity contribution is -0.101. The molecule has 11 heavy (non-hydrogen) atoms. The summed E-state index contributed by atoms with van der Waals surface area (Å²) in [4.78, 5) is 4.31. The summed E-state index contributed by atoms with van der Waals surface area (Å²) in [6.45, 7) is -0.157. The van der Waals surface area contributed by atoms with Crippen LogP contribution >= 0.6 is 0 Å². The first kappa shape index (κ1) is 8.20. The second-order valence-electron chi connectivity index (χ2n) is 2.02. The van der Waals surface area contributed by atoms with Crippen molar-refractivity contribution >= 4 is 0 Å². The Hall–Kier alpha value is -0.900. The zero-order chi connectivity index (χ0) is 7.94. The van der Waals surface area contributed by atoms with Gasteiger partial charge in [0.1, 0.15) is 0 Å². The van der Waals surface area contributed by atoms with Gasteiger partial charge in [0, 0.05) is 0 Å². The lowest BCUT2D eigenvalue weighted by atomic mass is 10.2. The third kappa shape index (κ3) is 3.13. The molecule has 0 bridgehead atoms. The summed E-state index contributed by atoms with van der Waals surface area (Å²) in [6, 6.07) is 9.62. The monoisotopic (exact) mass is 151 g/mol. The average Bonchev–Trinajstić information content (AvgIpc) is 2.07. The van der Waals surface area contributed by atoms with E-state index in [-0.39, 0.29) is 0 Å². The van der Waals surface area contributed by atoms with Gasteiger partial charge in [0.25, 0.3) is 0 Å². The van der Waals surface area contributed by atoms with Crippen molar-refractivity contribution in [1.29, 1.82) is 0 Å². The zero-order valence-corrected chi connectivity index (χ0v) is 6.06. The van der Waals surface area contributed by atoms with Crippen LogP contribution in [0.15, 0.2) is 30.3 Å². The number of hydrogen-bond donors (Lipinski definition) is 0. The maximum absolute atomic E-state index is 9.80. The van der Waals surface area contributed by atoms with Crippen LogP contribution in [0.5, 0.6) is 0 Å². The Bertz CT molecular complexity index is 189. The lowest BCUT2D eigenvalue weighted by Gasteiger charge is -1.98. The summed E-state index contributed by atoms with van der Waals surface area (Å²) < 4.78 is 0. The highest BCUT2D eigenvalue weighted by molar-refractivity contribution is 5.13. The molecule has 0 N–H and O–H groups in total. The standard InChI is InChI=1S/C8H9NO2/c10-7-11-9-6-8-4-2-1-3-5-8/h1-5H,6-7H2. The summed E-state index contributed by atoms with van der Waals surface area (Å²) >= 11 is 0. The van der Waals surface area contributed by atoms with Crippen LogP contribution in [-0.4, -0.2) is 6.79 Å². The van der Waals surface area contributed by atoms with E-state index in [1.54, 1.807) is 0 Å². The molecule has 0 aromatic heterocycles. The zero-order valence-electron chi connectivity index (χ0n) is 6.06. The van der Waals surface area contributed by atoms with Gasteiger partial charge in [-0.3, -0.25) is 4.84 Å². The number of hydroxylamine groups is 1. The number of rotatable bonds is 4. The van der Waals surface area contributed by atoms with Crippen molar-refractivity contribution in [2.75, 3.05) is 6.79 Å². The summed E-state index contributed by atoms with van der Waals surface area (Å²) in [5.41, 5.74) is 4.59. The van der Waals surface area contributed by atoms with E-state index in [1.807, 2.05) is 30.3 Å². The highest BCUT2D eigenvalue weighted by Crippen LogP contribution is 1.97. The average molecular weight is 151 g/mol. The van der Waals surface area contributed by atoms with Crippen molar-refractivity contribution in [2.24, 2.45) is 0 Å². The molecule has 1 rings (SSSR count). The Morgan fingerprint density at radius 3 is 2.64 bits per heavy atom. The van der Waals surface area contributed by atoms with Gasteiger partial charge in [-0.15, -0.1) is 0 Å². The summed E-state index contributed by atoms with van der Waals surface area (Å²) in [5.74, 6) is 0. The number of nitrogens with zero attached hydrogens (tertiary/aromatic N) is 1. The molecule has 0 saturated heterocycles. The SMILES string of the molecule is [O]CO[N]Cc1ccccc1. The molecular formula is C8H9NO2. The molecule has 2 radical (unpaired) electrons. The van der Waals surface area contributed by atoms with Crippen LogP contribution < -0.4 is 5.48 Å². The molecule has 0 unspecified atom stereocenters. The van der Waals surface area contributed by atoms with Crippen molar-refractivity contribution in [1.82, 2.24) is 5.48 Å². The molecule has 58 valence electrons. The minimum absolute atomic E-state index is 0.448. The third-order valence-electron chi connectivity index (χ3n) is 1.23. The Morgan fingerprint density at radius 1 is 1.27 bits per heavy atom. The fourth-order valence-corrected chi connectivity index (χ4v) is 0.741. The molecule has 1 aromatic rings. The third-order valence-corrected chi connectivity index (χ3v) is 1.23. The van der Waals surface area contributed by atoms with Gasteiger partial charge >= 0.3 is 0 Å². The normalized spacial score (nSPS) is 9.91. The van der Waals surface area contributed by atoms with Crippen LogP contribution in [0, 0.1) is 0 Å². The van der Waals surface area contributed by atoms with Crippen LogP contribution in [0.25, 0.3) is 0 Å². The Kier molecular flexibility index (Phi) is 3.61. The second kappa shape index (κ2) is 4.85. The minimum Gasteiger partial charge on any atom is -0.250 e. The second-order valence-corrected chi connectivity index (χ2v) is 2.02. The molecule has 0 aliphatic heterocycles. The molecule has 0 spiro atoms. The first-order chi connectivity index (χ1) is 5.43. The Balaban J connectivity index is 2.28. The van der Waals surface area contributed by atoms with E-state index in [1.165, 1.54) is 0 Å². The summed E-state index contributed by atoms with van der Waals surface area (Å²) in [6.07, 6.45) is 0. The van der Waals surface area contributed by atoms with E-state index in [4.69, 9.17) is 0 Å². The van der Waals surface area contributed by atoms with Crippen LogP contribution in [0.3, 0.4) is 0 Å². The molecule has 0 atom stereocenters. The van der Waals surface area contributed by atoms with Crippen molar-refractivity contribution < 1.29 is 9.94 Å². The summed E-state index contributed by atoms with van der Waals surface area (Å²) in [5, 5.41) is 9.80. The van der Waals surface area contributed by atoms with Gasteiger partial charge < -0.3 is 0 Å². The highest BCUT2D eigenvalue weighted by Gasteiger charge is 1.90. The van der Waals surface area contributed by atoms with E-state index in [9.17, 15) is 5.11 Å². The van der Waals surface area contributed by atoms with Gasteiger partial charge in [-0.05, 0) is 5.56 Å². The van der Waals surface area contributed by atoms with E-state index in [0.29, 0.717) is 6.54 Å². The molecule has 0 amide bonds. The maximum atomic E-state index is 9.80. The first-order valence-corrected chi connectivity index (χ1v) is 3.34. The van der Waals surface area contributed by atoms with Gasteiger partial charge in [-0.25, -0.2) is 5.11 Å². The summed E-state index contributed by atoms with van der Waals surface area (Å²) in [7, 11) is 0. The van der Waals surface area contributed by atoms with E-state index >= 15 is 0 Å². The number of hydrogen-bond acceptors (Lipinski definition) is 1. The fraction of sp³-hybridized carbons (Fsp3) is 0.250. The lowest BCUT2D eigenvalue weighted by Crippen LogP contribution is -2.05. The Labute approximate surface area is 65.6 Å². The van der Waals surface area contributed by atoms with Crippen LogP contribution in [-0.2, 0) is 16.5 Å². The van der Waals surface area contributed by atoms with Crippen molar-refractivity contribution in [3.8, 4) is 0 Å². The highest BCUT2D eigenvalue weighted by atomic mass is 16.7. The quantitative estimate of drug-likeness (QED) is 0.361. The largest absolute Gasteiger partial charge is 0.250 e. The molecule has 3 nitrogen and oxygen atoms in total. The molecule has 3 heteroatoms. The molecule has 1 aromatic carbocycles. The van der Waals surface area contributed by atoms with E-state index in [0.717, 1.165) is 5.56 Å². The molecule has 0 saturated carbocycles. The Morgan fingerprint density at radius 2 is 2.00 bits per heavy atom. The van der Waals surface area contributed by atoms with Crippen molar-refractivity contribution in [3.63, 3.8) is 0 Å². The van der Waals surface area contributed by atoms with Crippen LogP contribution in [0.4, 0.5) is 0 Å². The topological polar surface area (TPSA) is 43.2 Å². The van der Waals surface area contributed by atoms with E-state index in [2.05, 4.69) is 10.3 Å². The maximum Gasteiger partial charge on any atom is 0.202 e. The predicted octanol–water partition coefficient (Wildman–Crippen LogP) is 1.11. The molecule has 0 heterocycles. The van der Waals surface area contributed by atoms with Crippen LogP contribution in [0.2, 0.25) is 0 Å². The van der Waals surface area contributed by atoms with Crippen LogP contribution in [0.1, 0.15) is 5.56 Å². The first-order valence-electron chi connectivity index (χ1n) is 3.34. The van der Waals surface area contributed by atoms with Gasteiger partial charge in [0.15, 0.2) is 0 Å². The molecule has 0 aliphatic carbocycles. The molecular weight excluding hydrogens is 142 g/mol. The van der Waals surface area contributed by atoms with E-state index < -0.39 is 6.79 Å². The van der Waals surface area contributed by atoms with Crippen molar-refractivity contribution in [3.05, 3.63) is 35.9 Å². The molecule has 0 fully saturated rings. The van der Waals surface area contributed by atoms with Crippen molar-refractivity contribution in [2.45, 2.75) is 6.54 Å². The molecule has 0 aliphatic rings.